The van der Waals surface area contributed by atoms with Gasteiger partial charge in [0.25, 0.3) is 0 Å². The van der Waals surface area contributed by atoms with E-state index in [0.29, 0.717) is 25.3 Å². The van der Waals surface area contributed by atoms with E-state index >= 15 is 0 Å². The number of aliphatic carboxylic acids is 1. The number of anilines is 2. The summed E-state index contributed by atoms with van der Waals surface area (Å²) in [6.45, 7) is 3.28. The van der Waals surface area contributed by atoms with Crippen LogP contribution in [0.2, 0.25) is 0 Å². The maximum Gasteiger partial charge on any atom is 0.308 e. The third-order valence-electron chi connectivity index (χ3n) is 4.74. The van der Waals surface area contributed by atoms with Gasteiger partial charge in [-0.25, -0.2) is 4.98 Å². The summed E-state index contributed by atoms with van der Waals surface area (Å²) in [6.07, 6.45) is 1.64. The second kappa shape index (κ2) is 9.18. The molecule has 148 valence electrons. The molecule has 0 bridgehead atoms. The van der Waals surface area contributed by atoms with Crippen molar-refractivity contribution in [2.75, 3.05) is 42.9 Å². The summed E-state index contributed by atoms with van der Waals surface area (Å²) in [6, 6.07) is 12.0. The molecule has 2 aromatic rings. The number of aromatic nitrogens is 1. The first-order valence-electron chi connectivity index (χ1n) is 9.21. The number of piperazine rings is 1. The summed E-state index contributed by atoms with van der Waals surface area (Å²) < 4.78 is 0. The van der Waals surface area contributed by atoms with Crippen LogP contribution in [-0.2, 0) is 9.59 Å². The molecule has 1 saturated heterocycles. The zero-order chi connectivity index (χ0) is 19.9. The van der Waals surface area contributed by atoms with E-state index in [1.165, 1.54) is 12.1 Å². The highest BCUT2D eigenvalue weighted by molar-refractivity contribution is 5.93. The summed E-state index contributed by atoms with van der Waals surface area (Å²) in [4.78, 5) is 32.4. The zero-order valence-corrected chi connectivity index (χ0v) is 15.5. The molecule has 1 atom stereocenters. The molecule has 0 saturated carbocycles. The molecule has 0 spiro atoms. The van der Waals surface area contributed by atoms with Crippen LogP contribution in [0.25, 0.3) is 0 Å². The van der Waals surface area contributed by atoms with Gasteiger partial charge < -0.3 is 20.4 Å². The number of nitrogens with zero attached hydrogens (tertiary/aromatic N) is 3. The van der Waals surface area contributed by atoms with E-state index in [1.807, 2.05) is 18.2 Å². The first-order valence-corrected chi connectivity index (χ1v) is 9.21. The third-order valence-corrected chi connectivity index (χ3v) is 4.74. The fourth-order valence-electron chi connectivity index (χ4n) is 3.26. The second-order valence-corrected chi connectivity index (χ2v) is 6.81. The number of carbonyl (C=O) groups is 2. The van der Waals surface area contributed by atoms with Crippen LogP contribution < -0.4 is 10.2 Å². The quantitative estimate of drug-likeness (QED) is 0.666. The summed E-state index contributed by atoms with van der Waals surface area (Å²) in [5.74, 6) is -1.21. The highest BCUT2D eigenvalue weighted by atomic mass is 16.4. The van der Waals surface area contributed by atoms with E-state index in [4.69, 9.17) is 0 Å². The predicted molar refractivity (Wildman–Crippen MR) is 105 cm³/mol. The summed E-state index contributed by atoms with van der Waals surface area (Å²) in [7, 11) is 0. The molecule has 1 fully saturated rings. The van der Waals surface area contributed by atoms with Gasteiger partial charge in [0.2, 0.25) is 5.91 Å². The van der Waals surface area contributed by atoms with Crippen molar-refractivity contribution in [1.82, 2.24) is 9.88 Å². The number of carbonyl (C=O) groups excluding carboxylic acids is 1. The third kappa shape index (κ3) is 5.43. The molecule has 0 aliphatic carbocycles. The highest BCUT2D eigenvalue weighted by Gasteiger charge is 2.26. The number of hydrogen-bond acceptors (Lipinski definition) is 6. The van der Waals surface area contributed by atoms with Crippen LogP contribution in [0, 0.1) is 5.92 Å². The number of carboxylic acids is 1. The number of phenols is 1. The number of nitrogens with one attached hydrogen (secondary N) is 1. The lowest BCUT2D eigenvalue weighted by Gasteiger charge is -2.36. The number of phenolic OH excluding ortho intramolecular Hbond substituents is 1. The van der Waals surface area contributed by atoms with Gasteiger partial charge >= 0.3 is 5.97 Å². The largest absolute Gasteiger partial charge is 0.508 e. The second-order valence-electron chi connectivity index (χ2n) is 6.81. The number of pyridine rings is 1. The normalized spacial score (nSPS) is 15.8. The topological polar surface area (TPSA) is 106 Å². The Balaban J connectivity index is 1.51. The molecule has 8 heteroatoms. The van der Waals surface area contributed by atoms with Crippen molar-refractivity contribution >= 4 is 23.4 Å². The number of hydrogen-bond donors (Lipinski definition) is 3. The number of rotatable bonds is 7. The average Bonchev–Trinajstić information content (AvgIpc) is 2.68. The van der Waals surface area contributed by atoms with Gasteiger partial charge in [-0.2, -0.15) is 0 Å². The number of benzene rings is 1. The van der Waals surface area contributed by atoms with E-state index in [2.05, 4.69) is 20.1 Å². The predicted octanol–water partition coefficient (Wildman–Crippen LogP) is 1.64. The van der Waals surface area contributed by atoms with Crippen molar-refractivity contribution in [3.05, 3.63) is 48.7 Å². The van der Waals surface area contributed by atoms with Crippen molar-refractivity contribution in [3.63, 3.8) is 0 Å². The molecule has 1 aromatic carbocycles. The van der Waals surface area contributed by atoms with Crippen LogP contribution in [0.15, 0.2) is 48.7 Å². The van der Waals surface area contributed by atoms with Crippen molar-refractivity contribution in [2.45, 2.75) is 6.42 Å². The lowest BCUT2D eigenvalue weighted by molar-refractivity contribution is -0.144. The molecule has 1 aliphatic heterocycles. The average molecular weight is 384 g/mol. The van der Waals surface area contributed by atoms with Crippen molar-refractivity contribution in [2.24, 2.45) is 5.92 Å². The number of carboxylic acid groups (broad SMARTS) is 1. The van der Waals surface area contributed by atoms with Crippen molar-refractivity contribution in [3.8, 4) is 5.75 Å². The Morgan fingerprint density at radius 1 is 1.11 bits per heavy atom. The summed E-state index contributed by atoms with van der Waals surface area (Å²) in [5.41, 5.74) is 0.443. The Bertz CT molecular complexity index is 807. The summed E-state index contributed by atoms with van der Waals surface area (Å²) in [5, 5.41) is 21.6. The van der Waals surface area contributed by atoms with E-state index in [1.54, 1.807) is 18.3 Å². The fraction of sp³-hybridized carbons (Fsp3) is 0.350. The van der Waals surface area contributed by atoms with Gasteiger partial charge in [0.15, 0.2) is 0 Å². The minimum Gasteiger partial charge on any atom is -0.508 e. The van der Waals surface area contributed by atoms with E-state index in [9.17, 15) is 19.8 Å². The Kier molecular flexibility index (Phi) is 6.44. The molecule has 3 rings (SSSR count). The van der Waals surface area contributed by atoms with Crippen LogP contribution in [0.4, 0.5) is 11.5 Å². The Morgan fingerprint density at radius 3 is 2.54 bits per heavy atom. The SMILES string of the molecule is O=C(C[C@@H](CN1CCN(c2ccccn2)CC1)C(=O)O)Nc1cccc(O)c1. The number of aromatic hydroxyl groups is 1. The van der Waals surface area contributed by atoms with Gasteiger partial charge in [-0.3, -0.25) is 14.5 Å². The molecule has 1 aromatic heterocycles. The first-order chi connectivity index (χ1) is 13.5. The van der Waals surface area contributed by atoms with Crippen LogP contribution in [0.3, 0.4) is 0 Å². The Hall–Kier alpha value is -3.13. The molecular formula is C20H24N4O4. The molecule has 2 heterocycles. The maximum absolute atomic E-state index is 12.2. The monoisotopic (exact) mass is 384 g/mol. The molecular weight excluding hydrogens is 360 g/mol. The Morgan fingerprint density at radius 2 is 1.89 bits per heavy atom. The lowest BCUT2D eigenvalue weighted by Crippen LogP contribution is -2.49. The number of amides is 1. The van der Waals surface area contributed by atoms with Gasteiger partial charge in [-0.1, -0.05) is 12.1 Å². The van der Waals surface area contributed by atoms with Crippen LogP contribution in [-0.4, -0.2) is 64.7 Å². The fourth-order valence-corrected chi connectivity index (χ4v) is 3.26. The smallest absolute Gasteiger partial charge is 0.308 e. The van der Waals surface area contributed by atoms with Gasteiger partial charge in [0.05, 0.1) is 5.92 Å². The van der Waals surface area contributed by atoms with Gasteiger partial charge in [0, 0.05) is 57.1 Å². The van der Waals surface area contributed by atoms with Gasteiger partial charge in [-0.05, 0) is 24.3 Å². The van der Waals surface area contributed by atoms with E-state index in [-0.39, 0.29) is 18.1 Å². The molecule has 0 radical (unpaired) electrons. The van der Waals surface area contributed by atoms with Crippen molar-refractivity contribution < 1.29 is 19.8 Å². The first kappa shape index (κ1) is 19.6. The standard InChI is InChI=1S/C20H24N4O4/c25-17-5-3-4-16(13-17)22-19(26)12-15(20(27)28)14-23-8-10-24(11-9-23)18-6-1-2-7-21-18/h1-7,13,15,25H,8-12,14H2,(H,22,26)(H,27,28)/t15-/m0/s1. The zero-order valence-electron chi connectivity index (χ0n) is 15.5. The van der Waals surface area contributed by atoms with E-state index in [0.717, 1.165) is 18.9 Å². The molecule has 0 unspecified atom stereocenters. The van der Waals surface area contributed by atoms with E-state index < -0.39 is 11.9 Å². The molecule has 3 N–H and O–H groups in total. The lowest BCUT2D eigenvalue weighted by atomic mass is 10.0. The Labute approximate surface area is 163 Å². The van der Waals surface area contributed by atoms with Crippen LogP contribution in [0.1, 0.15) is 6.42 Å². The summed E-state index contributed by atoms with van der Waals surface area (Å²) >= 11 is 0. The minimum absolute atomic E-state index is 0.0401. The van der Waals surface area contributed by atoms with Crippen LogP contribution >= 0.6 is 0 Å². The van der Waals surface area contributed by atoms with Crippen LogP contribution in [0.5, 0.6) is 5.75 Å². The maximum atomic E-state index is 12.2. The van der Waals surface area contributed by atoms with Gasteiger partial charge in [0.1, 0.15) is 11.6 Å². The molecule has 1 aliphatic rings. The highest BCUT2D eigenvalue weighted by Crippen LogP contribution is 2.18. The molecule has 8 nitrogen and oxygen atoms in total. The van der Waals surface area contributed by atoms with Crippen molar-refractivity contribution in [1.29, 1.82) is 0 Å². The molecule has 1 amide bonds. The molecule has 28 heavy (non-hydrogen) atoms. The van der Waals surface area contributed by atoms with Gasteiger partial charge in [-0.15, -0.1) is 0 Å². The minimum atomic E-state index is -0.988.